The first-order chi connectivity index (χ1) is 32.3. The smallest absolute Gasteiger partial charge is 0.293 e. The Labute approximate surface area is 383 Å². The van der Waals surface area contributed by atoms with Gasteiger partial charge in [0.2, 0.25) is 17.7 Å². The number of nitrogens with one attached hydrogen (secondary N) is 2. The highest BCUT2D eigenvalue weighted by molar-refractivity contribution is 5.84. The Bertz CT molecular complexity index is 3220. The average Bonchev–Trinajstić information content (AvgIpc) is 4.12. The number of anilines is 3. The highest BCUT2D eigenvalue weighted by Crippen LogP contribution is 2.33. The van der Waals surface area contributed by atoms with Crippen molar-refractivity contribution >= 4 is 67.1 Å². The zero-order chi connectivity index (χ0) is 47.2. The van der Waals surface area contributed by atoms with Crippen LogP contribution in [0.5, 0.6) is 0 Å². The van der Waals surface area contributed by atoms with Gasteiger partial charge in [0.15, 0.2) is 16.7 Å². The molecule has 342 valence electrons. The van der Waals surface area contributed by atoms with E-state index in [4.69, 9.17) is 19.0 Å². The van der Waals surface area contributed by atoms with E-state index in [1.54, 1.807) is 39.0 Å². The van der Waals surface area contributed by atoms with Gasteiger partial charge in [0, 0.05) is 35.8 Å². The Morgan fingerprint density at radius 3 is 1.51 bits per heavy atom. The number of hydrogen-bond donors (Lipinski definition) is 6. The fourth-order valence-corrected chi connectivity index (χ4v) is 7.20. The van der Waals surface area contributed by atoms with E-state index in [9.17, 15) is 25.4 Å². The maximum Gasteiger partial charge on any atom is 0.293 e. The molecule has 3 atom stereocenters. The molecule has 4 heterocycles. The van der Waals surface area contributed by atoms with Crippen LogP contribution in [0.15, 0.2) is 141 Å². The number of benzene rings is 6. The van der Waals surface area contributed by atoms with Gasteiger partial charge in [-0.15, -0.1) is 0 Å². The van der Waals surface area contributed by atoms with Gasteiger partial charge in [-0.2, -0.15) is 0 Å². The summed E-state index contributed by atoms with van der Waals surface area (Å²) in [6.45, 7) is 8.25. The van der Waals surface area contributed by atoms with E-state index in [2.05, 4.69) is 30.6 Å². The second-order valence-electron chi connectivity index (χ2n) is 16.0. The zero-order valence-corrected chi connectivity index (χ0v) is 37.1. The first-order valence-electron chi connectivity index (χ1n) is 21.5. The summed E-state index contributed by atoms with van der Waals surface area (Å²) in [6, 6.07) is 38.9. The largest absolute Gasteiger partial charge is 0.436 e. The van der Waals surface area contributed by atoms with Crippen molar-refractivity contribution in [3.8, 4) is 34.4 Å². The number of hydrogen-bond acceptors (Lipinski definition) is 15. The zero-order valence-electron chi connectivity index (χ0n) is 37.1. The normalized spacial score (nSPS) is 12.6. The first-order valence-corrected chi connectivity index (χ1v) is 21.5. The molecule has 0 aliphatic rings. The van der Waals surface area contributed by atoms with Gasteiger partial charge in [-0.25, -0.2) is 19.9 Å². The summed E-state index contributed by atoms with van der Waals surface area (Å²) in [6.07, 6.45) is -1.45. The van der Waals surface area contributed by atoms with Gasteiger partial charge in [-0.3, -0.25) is 10.1 Å². The van der Waals surface area contributed by atoms with Gasteiger partial charge in [0.05, 0.1) is 52.2 Å². The molecule has 4 aromatic heterocycles. The maximum absolute atomic E-state index is 11.3. The molecule has 10 aromatic rings. The lowest BCUT2D eigenvalue weighted by molar-refractivity contribution is -0.383. The third kappa shape index (κ3) is 10.7. The molecule has 0 saturated heterocycles. The van der Waals surface area contributed by atoms with Crippen molar-refractivity contribution in [1.29, 1.82) is 0 Å². The predicted molar refractivity (Wildman–Crippen MR) is 259 cm³/mol. The van der Waals surface area contributed by atoms with E-state index in [0.717, 1.165) is 55.9 Å². The average molecular weight is 904 g/mol. The molecule has 0 amide bonds. The van der Waals surface area contributed by atoms with Crippen LogP contribution in [0.2, 0.25) is 0 Å². The van der Waals surface area contributed by atoms with Gasteiger partial charge >= 0.3 is 0 Å². The number of nitro groups is 1. The summed E-state index contributed by atoms with van der Waals surface area (Å²) < 4.78 is 19.2. The summed E-state index contributed by atoms with van der Waals surface area (Å²) in [5, 5.41) is 45.5. The van der Waals surface area contributed by atoms with E-state index in [1.807, 2.05) is 115 Å². The third-order valence-corrected chi connectivity index (χ3v) is 10.4. The number of oxazole rings is 3. The number of nitrogen functional groups attached to an aromatic ring is 1. The molecule has 0 bridgehead atoms. The molecular formula is C50H49N9O8. The molecule has 3 unspecified atom stereocenters. The van der Waals surface area contributed by atoms with E-state index in [-0.39, 0.29) is 12.2 Å². The molecule has 7 N–H and O–H groups in total. The van der Waals surface area contributed by atoms with E-state index in [0.29, 0.717) is 58.8 Å². The molecule has 10 rings (SSSR count). The van der Waals surface area contributed by atoms with Crippen LogP contribution < -0.4 is 16.4 Å². The highest BCUT2D eigenvalue weighted by Gasteiger charge is 2.19. The molecule has 0 radical (unpaired) electrons. The van der Waals surface area contributed by atoms with Gasteiger partial charge < -0.3 is 49.5 Å². The molecular weight excluding hydrogens is 855 g/mol. The molecule has 0 aliphatic heterocycles. The Morgan fingerprint density at radius 1 is 0.597 bits per heavy atom. The quantitative estimate of drug-likeness (QED) is 0.0379. The minimum absolute atomic E-state index is 0.0922. The summed E-state index contributed by atoms with van der Waals surface area (Å²) in [7, 11) is 0. The van der Waals surface area contributed by atoms with Crippen LogP contribution in [0.1, 0.15) is 26.6 Å². The number of nitrogens with two attached hydrogens (primary N) is 1. The lowest BCUT2D eigenvalue weighted by Gasteiger charge is -2.11. The SMILES string of the molecule is CC(O)CNc1ccc(-c2nc3ccccc3o2)cc1N.CC(O)CNc1ccc(-c2nc3ccccc3o2)cc1[N+](=O)[O-].Cc1nc2cc(-c3nc4ccccc4o3)ccc2n1CC(C)O. The van der Waals surface area contributed by atoms with Gasteiger partial charge in [0.25, 0.3) is 5.69 Å². The molecule has 17 nitrogen and oxygen atoms in total. The van der Waals surface area contributed by atoms with Gasteiger partial charge in [0.1, 0.15) is 28.1 Å². The van der Waals surface area contributed by atoms with E-state index in [1.165, 1.54) is 6.07 Å². The van der Waals surface area contributed by atoms with Gasteiger partial charge in [-0.05, 0) is 113 Å². The summed E-state index contributed by atoms with van der Waals surface area (Å²) >= 11 is 0. The number of aliphatic hydroxyl groups excluding tert-OH is 3. The van der Waals surface area contributed by atoms with Crippen molar-refractivity contribution in [3.63, 3.8) is 0 Å². The number of aliphatic hydroxyl groups is 3. The van der Waals surface area contributed by atoms with Crippen molar-refractivity contribution in [1.82, 2.24) is 24.5 Å². The molecule has 0 saturated carbocycles. The van der Waals surface area contributed by atoms with Crippen LogP contribution in [0.25, 0.3) is 78.7 Å². The van der Waals surface area contributed by atoms with Crippen molar-refractivity contribution in [3.05, 3.63) is 143 Å². The second kappa shape index (κ2) is 20.0. The van der Waals surface area contributed by atoms with E-state index >= 15 is 0 Å². The maximum atomic E-state index is 11.3. The summed E-state index contributed by atoms with van der Waals surface area (Å²) in [5.74, 6) is 2.35. The molecule has 6 aromatic carbocycles. The van der Waals surface area contributed by atoms with Crippen molar-refractivity contribution < 1.29 is 33.5 Å². The number of rotatable bonds is 12. The summed E-state index contributed by atoms with van der Waals surface area (Å²) in [5.41, 5.74) is 16.3. The van der Waals surface area contributed by atoms with Crippen molar-refractivity contribution in [2.45, 2.75) is 52.6 Å². The van der Waals surface area contributed by atoms with Crippen LogP contribution in [0.3, 0.4) is 0 Å². The number of aryl methyl sites for hydroxylation is 1. The molecule has 0 fully saturated rings. The molecule has 17 heteroatoms. The topological polar surface area (TPSA) is 250 Å². The minimum atomic E-state index is -0.605. The standard InChI is InChI=1S/C18H17N3O2.C16H15N3O4.C16H17N3O2/c1-11(22)10-21-12(2)19-15-9-13(7-8-16(15)21)18-20-14-5-3-4-6-17(14)23-18;1-10(20)9-17-12-7-6-11(8-14(12)19(21)22)16-18-13-4-2-3-5-15(13)23-16;1-10(20)9-18-13-7-6-11(8-12(13)17)16-19-14-4-2-3-5-15(14)21-16/h3-9,11,22H,10H2,1-2H3;2-8,10,17,20H,9H2,1H3;2-8,10,18,20H,9,17H2,1H3. The number of nitro benzene ring substituents is 1. The fraction of sp³-hybridized carbons (Fsp3) is 0.200. The summed E-state index contributed by atoms with van der Waals surface area (Å²) in [4.78, 5) is 28.7. The van der Waals surface area contributed by atoms with E-state index < -0.39 is 23.2 Å². The second-order valence-corrected chi connectivity index (χ2v) is 16.0. The minimum Gasteiger partial charge on any atom is -0.436 e. The lowest BCUT2D eigenvalue weighted by Crippen LogP contribution is -2.16. The third-order valence-electron chi connectivity index (χ3n) is 10.4. The number of nitrogens with zero attached hydrogens (tertiary/aromatic N) is 6. The molecule has 0 spiro atoms. The van der Waals surface area contributed by atoms with Gasteiger partial charge in [-0.1, -0.05) is 36.4 Å². The predicted octanol–water partition coefficient (Wildman–Crippen LogP) is 9.60. The number of aromatic nitrogens is 5. The number of fused-ring (bicyclic) bond motifs is 4. The van der Waals surface area contributed by atoms with Crippen molar-refractivity contribution in [2.24, 2.45) is 0 Å². The Morgan fingerprint density at radius 2 is 1.04 bits per heavy atom. The fourth-order valence-electron chi connectivity index (χ4n) is 7.20. The van der Waals surface area contributed by atoms with Crippen LogP contribution in [-0.4, -0.2) is 76.1 Å². The van der Waals surface area contributed by atoms with Crippen LogP contribution >= 0.6 is 0 Å². The highest BCUT2D eigenvalue weighted by atomic mass is 16.6. The van der Waals surface area contributed by atoms with Crippen LogP contribution in [0.4, 0.5) is 22.7 Å². The Balaban J connectivity index is 0.000000136. The monoisotopic (exact) mass is 903 g/mol. The number of imidazole rings is 1. The van der Waals surface area contributed by atoms with Crippen LogP contribution in [0, 0.1) is 17.0 Å². The Hall–Kier alpha value is -8.12. The van der Waals surface area contributed by atoms with Crippen molar-refractivity contribution in [2.75, 3.05) is 29.5 Å². The lowest BCUT2D eigenvalue weighted by atomic mass is 10.1. The molecule has 0 aliphatic carbocycles. The number of para-hydroxylation sites is 6. The Kier molecular flexibility index (Phi) is 13.5. The molecule has 67 heavy (non-hydrogen) atoms. The van der Waals surface area contributed by atoms with Crippen LogP contribution in [-0.2, 0) is 6.54 Å². The first kappa shape index (κ1) is 45.4.